The van der Waals surface area contributed by atoms with Crippen molar-refractivity contribution in [2.75, 3.05) is 11.9 Å². The predicted molar refractivity (Wildman–Crippen MR) is 79.6 cm³/mol. The van der Waals surface area contributed by atoms with Gasteiger partial charge in [-0.2, -0.15) is 0 Å². The third-order valence-electron chi connectivity index (χ3n) is 2.85. The fourth-order valence-corrected chi connectivity index (χ4v) is 2.08. The molecule has 0 saturated carbocycles. The van der Waals surface area contributed by atoms with Crippen LogP contribution in [-0.2, 0) is 12.8 Å². The molecular weight excluding hydrogens is 277 g/mol. The molecular formula is C15H17ClFN3. The van der Waals surface area contributed by atoms with Gasteiger partial charge >= 0.3 is 0 Å². The van der Waals surface area contributed by atoms with Crippen molar-refractivity contribution in [3.8, 4) is 0 Å². The van der Waals surface area contributed by atoms with Crippen LogP contribution in [-0.4, -0.2) is 16.5 Å². The van der Waals surface area contributed by atoms with Crippen LogP contribution in [0.1, 0.15) is 24.7 Å². The SMILES string of the molecule is CCCc1nc(Cl)cc(NCCc2ccc(F)cc2)n1. The summed E-state index contributed by atoms with van der Waals surface area (Å²) < 4.78 is 12.8. The van der Waals surface area contributed by atoms with Crippen molar-refractivity contribution in [1.29, 1.82) is 0 Å². The van der Waals surface area contributed by atoms with Crippen LogP contribution >= 0.6 is 11.6 Å². The lowest BCUT2D eigenvalue weighted by atomic mass is 10.1. The van der Waals surface area contributed by atoms with E-state index in [4.69, 9.17) is 11.6 Å². The number of nitrogens with one attached hydrogen (secondary N) is 1. The maximum atomic E-state index is 12.8. The Balaban J connectivity index is 1.91. The number of hydrogen-bond acceptors (Lipinski definition) is 3. The zero-order valence-electron chi connectivity index (χ0n) is 11.4. The van der Waals surface area contributed by atoms with Gasteiger partial charge in [-0.25, -0.2) is 14.4 Å². The van der Waals surface area contributed by atoms with Gasteiger partial charge in [0.2, 0.25) is 0 Å². The van der Waals surface area contributed by atoms with Crippen molar-refractivity contribution in [3.63, 3.8) is 0 Å². The van der Waals surface area contributed by atoms with Gasteiger partial charge in [0, 0.05) is 19.0 Å². The van der Waals surface area contributed by atoms with E-state index in [9.17, 15) is 4.39 Å². The van der Waals surface area contributed by atoms with Gasteiger partial charge in [0.1, 0.15) is 22.6 Å². The Hall–Kier alpha value is -1.68. The number of rotatable bonds is 6. The molecule has 106 valence electrons. The van der Waals surface area contributed by atoms with Crippen LogP contribution in [0.4, 0.5) is 10.2 Å². The summed E-state index contributed by atoms with van der Waals surface area (Å²) in [4.78, 5) is 8.57. The molecule has 0 aliphatic rings. The molecule has 1 heterocycles. The first-order chi connectivity index (χ1) is 9.67. The number of anilines is 1. The lowest BCUT2D eigenvalue weighted by molar-refractivity contribution is 0.627. The van der Waals surface area contributed by atoms with E-state index >= 15 is 0 Å². The first-order valence-electron chi connectivity index (χ1n) is 6.69. The second-order valence-corrected chi connectivity index (χ2v) is 4.93. The Bertz CT molecular complexity index is 558. The highest BCUT2D eigenvalue weighted by molar-refractivity contribution is 6.29. The van der Waals surface area contributed by atoms with Crippen molar-refractivity contribution in [2.45, 2.75) is 26.2 Å². The molecule has 20 heavy (non-hydrogen) atoms. The van der Waals surface area contributed by atoms with Crippen molar-refractivity contribution in [3.05, 3.63) is 52.7 Å². The molecule has 0 aliphatic heterocycles. The van der Waals surface area contributed by atoms with E-state index in [1.54, 1.807) is 18.2 Å². The molecule has 0 saturated heterocycles. The van der Waals surface area contributed by atoms with Crippen molar-refractivity contribution < 1.29 is 4.39 Å². The molecule has 0 spiro atoms. The monoisotopic (exact) mass is 293 g/mol. The lowest BCUT2D eigenvalue weighted by Gasteiger charge is -2.07. The van der Waals surface area contributed by atoms with E-state index in [0.29, 0.717) is 11.7 Å². The summed E-state index contributed by atoms with van der Waals surface area (Å²) in [6, 6.07) is 8.22. The van der Waals surface area contributed by atoms with Gasteiger partial charge in [0.05, 0.1) is 0 Å². The number of aromatic nitrogens is 2. The van der Waals surface area contributed by atoms with Gasteiger partial charge in [-0.15, -0.1) is 0 Å². The number of halogens is 2. The van der Waals surface area contributed by atoms with Crippen molar-refractivity contribution >= 4 is 17.4 Å². The van der Waals surface area contributed by atoms with Crippen LogP contribution in [0.25, 0.3) is 0 Å². The summed E-state index contributed by atoms with van der Waals surface area (Å²) in [5.74, 6) is 1.27. The van der Waals surface area contributed by atoms with E-state index in [1.165, 1.54) is 12.1 Å². The van der Waals surface area contributed by atoms with E-state index < -0.39 is 0 Å². The topological polar surface area (TPSA) is 37.8 Å². The molecule has 0 amide bonds. The molecule has 1 N–H and O–H groups in total. The Labute approximate surface area is 123 Å². The summed E-state index contributed by atoms with van der Waals surface area (Å²) in [5.41, 5.74) is 1.08. The van der Waals surface area contributed by atoms with Gasteiger partial charge in [-0.3, -0.25) is 0 Å². The van der Waals surface area contributed by atoms with E-state index in [2.05, 4.69) is 22.2 Å². The maximum absolute atomic E-state index is 12.8. The number of nitrogens with zero attached hydrogens (tertiary/aromatic N) is 2. The predicted octanol–water partition coefficient (Wildman–Crippen LogP) is 3.88. The Kier molecular flexibility index (Phi) is 5.30. The quantitative estimate of drug-likeness (QED) is 0.822. The molecule has 2 rings (SSSR count). The molecule has 0 atom stereocenters. The largest absolute Gasteiger partial charge is 0.370 e. The fourth-order valence-electron chi connectivity index (χ4n) is 1.88. The van der Waals surface area contributed by atoms with Crippen LogP contribution in [0.15, 0.2) is 30.3 Å². The molecule has 3 nitrogen and oxygen atoms in total. The van der Waals surface area contributed by atoms with Crippen LogP contribution in [0.2, 0.25) is 5.15 Å². The third-order valence-corrected chi connectivity index (χ3v) is 3.04. The summed E-state index contributed by atoms with van der Waals surface area (Å²) in [7, 11) is 0. The van der Waals surface area contributed by atoms with Gasteiger partial charge in [0.15, 0.2) is 0 Å². The number of hydrogen-bond donors (Lipinski definition) is 1. The Morgan fingerprint density at radius 1 is 1.15 bits per heavy atom. The highest BCUT2D eigenvalue weighted by atomic mass is 35.5. The fraction of sp³-hybridized carbons (Fsp3) is 0.333. The third kappa shape index (κ3) is 4.46. The molecule has 0 aliphatic carbocycles. The first-order valence-corrected chi connectivity index (χ1v) is 7.07. The standard InChI is InChI=1S/C15H17ClFN3/c1-2-3-14-19-13(16)10-15(20-14)18-9-8-11-4-6-12(17)7-5-11/h4-7,10H,2-3,8-9H2,1H3,(H,18,19,20). The van der Waals surface area contributed by atoms with E-state index in [1.807, 2.05) is 0 Å². The van der Waals surface area contributed by atoms with E-state index in [-0.39, 0.29) is 5.82 Å². The summed E-state index contributed by atoms with van der Waals surface area (Å²) in [6.07, 6.45) is 2.59. The van der Waals surface area contributed by atoms with Gasteiger partial charge in [-0.1, -0.05) is 30.7 Å². The summed E-state index contributed by atoms with van der Waals surface area (Å²) >= 11 is 5.97. The average molecular weight is 294 g/mol. The van der Waals surface area contributed by atoms with Gasteiger partial charge in [0.25, 0.3) is 0 Å². The second-order valence-electron chi connectivity index (χ2n) is 4.55. The van der Waals surface area contributed by atoms with E-state index in [0.717, 1.165) is 36.5 Å². The summed E-state index contributed by atoms with van der Waals surface area (Å²) in [5, 5.41) is 3.67. The van der Waals surface area contributed by atoms with Crippen LogP contribution in [0.3, 0.4) is 0 Å². The minimum absolute atomic E-state index is 0.214. The zero-order valence-corrected chi connectivity index (χ0v) is 12.1. The normalized spacial score (nSPS) is 10.6. The second kappa shape index (κ2) is 7.20. The number of aryl methyl sites for hydroxylation is 1. The highest BCUT2D eigenvalue weighted by Gasteiger charge is 2.02. The molecule has 5 heteroatoms. The van der Waals surface area contributed by atoms with Gasteiger partial charge < -0.3 is 5.32 Å². The van der Waals surface area contributed by atoms with Crippen molar-refractivity contribution in [2.24, 2.45) is 0 Å². The minimum Gasteiger partial charge on any atom is -0.370 e. The molecule has 0 bridgehead atoms. The van der Waals surface area contributed by atoms with Crippen molar-refractivity contribution in [1.82, 2.24) is 9.97 Å². The minimum atomic E-state index is -0.214. The highest BCUT2D eigenvalue weighted by Crippen LogP contribution is 2.13. The zero-order chi connectivity index (χ0) is 14.4. The molecule has 0 unspecified atom stereocenters. The smallest absolute Gasteiger partial charge is 0.134 e. The molecule has 0 radical (unpaired) electrons. The van der Waals surface area contributed by atoms with Crippen LogP contribution < -0.4 is 5.32 Å². The summed E-state index contributed by atoms with van der Waals surface area (Å²) in [6.45, 7) is 2.79. The van der Waals surface area contributed by atoms with Crippen LogP contribution in [0, 0.1) is 5.82 Å². The molecule has 2 aromatic rings. The first kappa shape index (κ1) is 14.7. The average Bonchev–Trinajstić information content (AvgIpc) is 2.41. The Morgan fingerprint density at radius 2 is 1.90 bits per heavy atom. The molecule has 1 aromatic carbocycles. The van der Waals surface area contributed by atoms with Gasteiger partial charge in [-0.05, 0) is 30.5 Å². The molecule has 0 fully saturated rings. The maximum Gasteiger partial charge on any atom is 0.134 e. The molecule has 1 aromatic heterocycles. The van der Waals surface area contributed by atoms with Crippen LogP contribution in [0.5, 0.6) is 0 Å². The lowest BCUT2D eigenvalue weighted by Crippen LogP contribution is -2.08. The Morgan fingerprint density at radius 3 is 2.60 bits per heavy atom. The number of benzene rings is 1.